The summed E-state index contributed by atoms with van der Waals surface area (Å²) in [6.07, 6.45) is 0.128. The van der Waals surface area contributed by atoms with E-state index < -0.39 is 5.60 Å². The molecular weight excluding hydrogens is 256 g/mol. The summed E-state index contributed by atoms with van der Waals surface area (Å²) in [5.41, 5.74) is 0.996. The third-order valence-corrected chi connectivity index (χ3v) is 4.30. The van der Waals surface area contributed by atoms with Gasteiger partial charge >= 0.3 is 0 Å². The summed E-state index contributed by atoms with van der Waals surface area (Å²) in [5, 5.41) is 12.8. The van der Waals surface area contributed by atoms with E-state index in [2.05, 4.69) is 0 Å². The molecule has 0 spiro atoms. The average Bonchev–Trinajstić information content (AvgIpc) is 2.75. The molecule has 0 radical (unpaired) electrons. The van der Waals surface area contributed by atoms with E-state index in [1.54, 1.807) is 11.3 Å². The van der Waals surface area contributed by atoms with Gasteiger partial charge in [-0.1, -0.05) is 12.1 Å². The number of hydrogen-bond donors (Lipinski definition) is 1. The Hall–Kier alpha value is -1.32. The van der Waals surface area contributed by atoms with Crippen molar-refractivity contribution in [1.82, 2.24) is 0 Å². The minimum atomic E-state index is -0.978. The molecule has 1 N–H and O–H groups in total. The second kappa shape index (κ2) is 5.35. The van der Waals surface area contributed by atoms with Gasteiger partial charge in [0.1, 0.15) is 11.4 Å². The lowest BCUT2D eigenvalue weighted by atomic mass is 9.92. The van der Waals surface area contributed by atoms with Crippen LogP contribution in [-0.2, 0) is 5.60 Å². The molecule has 1 unspecified atom stereocenters. The number of aliphatic hydroxyl groups is 1. The zero-order chi connectivity index (χ0) is 14.0. The molecule has 2 rings (SSSR count). The molecule has 0 bridgehead atoms. The molecule has 0 fully saturated rings. The summed E-state index contributed by atoms with van der Waals surface area (Å²) in [4.78, 5) is 0.981. The Kier molecular flexibility index (Phi) is 3.97. The topological polar surface area (TPSA) is 29.5 Å². The van der Waals surface area contributed by atoms with E-state index in [9.17, 15) is 5.11 Å². The first kappa shape index (κ1) is 14.1. The lowest BCUT2D eigenvalue weighted by Crippen LogP contribution is -2.22. The first-order valence-electron chi connectivity index (χ1n) is 6.45. The predicted molar refractivity (Wildman–Crippen MR) is 79.9 cm³/mol. The van der Waals surface area contributed by atoms with Crippen LogP contribution in [0.1, 0.15) is 36.8 Å². The summed E-state index contributed by atoms with van der Waals surface area (Å²) >= 11 is 1.58. The van der Waals surface area contributed by atoms with Crippen molar-refractivity contribution in [3.05, 3.63) is 51.7 Å². The van der Waals surface area contributed by atoms with Crippen molar-refractivity contribution in [2.45, 2.75) is 39.4 Å². The van der Waals surface area contributed by atoms with Crippen LogP contribution in [0.5, 0.6) is 5.75 Å². The zero-order valence-electron chi connectivity index (χ0n) is 11.8. The van der Waals surface area contributed by atoms with Gasteiger partial charge in [0.05, 0.1) is 6.10 Å². The van der Waals surface area contributed by atoms with E-state index in [1.807, 2.05) is 63.4 Å². The molecule has 102 valence electrons. The summed E-state index contributed by atoms with van der Waals surface area (Å²) in [6.45, 7) is 7.84. The van der Waals surface area contributed by atoms with Crippen LogP contribution in [0.3, 0.4) is 0 Å². The van der Waals surface area contributed by atoms with Crippen LogP contribution >= 0.6 is 11.3 Å². The van der Waals surface area contributed by atoms with Gasteiger partial charge in [0.25, 0.3) is 0 Å². The summed E-state index contributed by atoms with van der Waals surface area (Å²) in [5.74, 6) is 0.794. The van der Waals surface area contributed by atoms with Gasteiger partial charge in [-0.3, -0.25) is 0 Å². The highest BCUT2D eigenvalue weighted by atomic mass is 32.1. The Balaban J connectivity index is 2.38. The smallest absolute Gasteiger partial charge is 0.121 e. The van der Waals surface area contributed by atoms with Crippen molar-refractivity contribution >= 4 is 11.3 Å². The normalized spacial score (nSPS) is 14.4. The monoisotopic (exact) mass is 276 g/mol. The molecule has 2 aromatic rings. The van der Waals surface area contributed by atoms with E-state index in [4.69, 9.17) is 4.74 Å². The zero-order valence-corrected chi connectivity index (χ0v) is 12.6. The third kappa shape index (κ3) is 2.99. The number of hydrogen-bond acceptors (Lipinski definition) is 3. The average molecular weight is 276 g/mol. The molecule has 0 amide bonds. The first-order valence-corrected chi connectivity index (χ1v) is 7.33. The molecule has 1 aromatic carbocycles. The Bertz CT molecular complexity index is 555. The van der Waals surface area contributed by atoms with E-state index in [0.717, 1.165) is 21.8 Å². The molecule has 0 saturated carbocycles. The fourth-order valence-corrected chi connectivity index (χ4v) is 3.16. The van der Waals surface area contributed by atoms with Gasteiger partial charge < -0.3 is 9.84 Å². The molecule has 0 aliphatic carbocycles. The van der Waals surface area contributed by atoms with Crippen LogP contribution in [0.15, 0.2) is 35.7 Å². The second-order valence-electron chi connectivity index (χ2n) is 5.20. The molecule has 0 aliphatic heterocycles. The highest BCUT2D eigenvalue weighted by Gasteiger charge is 2.28. The minimum absolute atomic E-state index is 0.128. The third-order valence-electron chi connectivity index (χ3n) is 3.07. The predicted octanol–water partition coefficient (Wildman–Crippen LogP) is 4.10. The standard InChI is InChI=1S/C16H20O2S/c1-11(2)18-14-7-5-6-13(10-14)16(4,17)15-12(3)8-9-19-15/h5-11,17H,1-4H3. The summed E-state index contributed by atoms with van der Waals surface area (Å²) in [7, 11) is 0. The fraction of sp³-hybridized carbons (Fsp3) is 0.375. The first-order chi connectivity index (χ1) is 8.91. The van der Waals surface area contributed by atoms with Crippen LogP contribution in [0.4, 0.5) is 0 Å². The summed E-state index contributed by atoms with van der Waals surface area (Å²) < 4.78 is 5.69. The number of benzene rings is 1. The molecule has 1 atom stereocenters. The number of ether oxygens (including phenoxy) is 1. The van der Waals surface area contributed by atoms with Crippen LogP contribution in [0, 0.1) is 6.92 Å². The van der Waals surface area contributed by atoms with Gasteiger partial charge in [-0.2, -0.15) is 0 Å². The maximum Gasteiger partial charge on any atom is 0.121 e. The van der Waals surface area contributed by atoms with Crippen LogP contribution in [0.25, 0.3) is 0 Å². The van der Waals surface area contributed by atoms with Crippen molar-refractivity contribution in [2.75, 3.05) is 0 Å². The van der Waals surface area contributed by atoms with Gasteiger partial charge in [0, 0.05) is 4.88 Å². The summed E-state index contributed by atoms with van der Waals surface area (Å²) in [6, 6.07) is 9.72. The highest BCUT2D eigenvalue weighted by molar-refractivity contribution is 7.10. The SMILES string of the molecule is Cc1ccsc1C(C)(O)c1cccc(OC(C)C)c1. The van der Waals surface area contributed by atoms with Gasteiger partial charge in [-0.25, -0.2) is 0 Å². The second-order valence-corrected chi connectivity index (χ2v) is 6.12. The molecule has 19 heavy (non-hydrogen) atoms. The number of thiophene rings is 1. The van der Waals surface area contributed by atoms with Crippen LogP contribution in [-0.4, -0.2) is 11.2 Å². The van der Waals surface area contributed by atoms with Gasteiger partial charge in [0.15, 0.2) is 0 Å². The van der Waals surface area contributed by atoms with Crippen molar-refractivity contribution < 1.29 is 9.84 Å². The molecule has 2 nitrogen and oxygen atoms in total. The largest absolute Gasteiger partial charge is 0.491 e. The molecule has 0 saturated heterocycles. The Morgan fingerprint density at radius 2 is 2.00 bits per heavy atom. The molecular formula is C16H20O2S. The number of rotatable bonds is 4. The molecule has 0 aliphatic rings. The minimum Gasteiger partial charge on any atom is -0.491 e. The molecule has 1 aromatic heterocycles. The van der Waals surface area contributed by atoms with Crippen molar-refractivity contribution in [3.63, 3.8) is 0 Å². The van der Waals surface area contributed by atoms with Crippen LogP contribution < -0.4 is 4.74 Å². The van der Waals surface area contributed by atoms with Gasteiger partial charge in [-0.15, -0.1) is 11.3 Å². The van der Waals surface area contributed by atoms with E-state index in [1.165, 1.54) is 0 Å². The van der Waals surface area contributed by atoms with Gasteiger partial charge in [-0.05, 0) is 62.4 Å². The van der Waals surface area contributed by atoms with Gasteiger partial charge in [0.2, 0.25) is 0 Å². The van der Waals surface area contributed by atoms with Crippen molar-refractivity contribution in [3.8, 4) is 5.75 Å². The highest BCUT2D eigenvalue weighted by Crippen LogP contribution is 2.36. The van der Waals surface area contributed by atoms with Crippen molar-refractivity contribution in [2.24, 2.45) is 0 Å². The lowest BCUT2D eigenvalue weighted by molar-refractivity contribution is 0.105. The van der Waals surface area contributed by atoms with E-state index >= 15 is 0 Å². The quantitative estimate of drug-likeness (QED) is 0.911. The Morgan fingerprint density at radius 1 is 1.26 bits per heavy atom. The molecule has 1 heterocycles. The van der Waals surface area contributed by atoms with Crippen LogP contribution in [0.2, 0.25) is 0 Å². The maximum atomic E-state index is 10.8. The van der Waals surface area contributed by atoms with E-state index in [0.29, 0.717) is 0 Å². The lowest BCUT2D eigenvalue weighted by Gasteiger charge is -2.24. The Morgan fingerprint density at radius 3 is 2.58 bits per heavy atom. The Labute approximate surface area is 118 Å². The maximum absolute atomic E-state index is 10.8. The van der Waals surface area contributed by atoms with Crippen molar-refractivity contribution in [1.29, 1.82) is 0 Å². The number of aryl methyl sites for hydroxylation is 1. The molecule has 3 heteroatoms. The van der Waals surface area contributed by atoms with E-state index in [-0.39, 0.29) is 6.10 Å². The fourth-order valence-electron chi connectivity index (χ4n) is 2.15.